The minimum Gasteiger partial charge on any atom is -0.506 e. The van der Waals surface area contributed by atoms with Gasteiger partial charge in [0.2, 0.25) is 5.96 Å². The summed E-state index contributed by atoms with van der Waals surface area (Å²) in [6.07, 6.45) is 0. The maximum absolute atomic E-state index is 10.1. The van der Waals surface area contributed by atoms with Crippen molar-refractivity contribution in [2.24, 2.45) is 4.99 Å². The molecule has 2 aromatic rings. The highest BCUT2D eigenvalue weighted by Crippen LogP contribution is 2.27. The van der Waals surface area contributed by atoms with Crippen molar-refractivity contribution in [1.29, 1.82) is 5.26 Å². The van der Waals surface area contributed by atoms with E-state index in [2.05, 4.69) is 31.1 Å². The van der Waals surface area contributed by atoms with E-state index in [1.807, 2.05) is 44.2 Å². The molecule has 2 aromatic carbocycles. The van der Waals surface area contributed by atoms with E-state index in [1.54, 1.807) is 12.1 Å². The van der Waals surface area contributed by atoms with Gasteiger partial charge in [-0.25, -0.2) is 4.99 Å². The van der Waals surface area contributed by atoms with Gasteiger partial charge in [-0.05, 0) is 60.1 Å². The van der Waals surface area contributed by atoms with Gasteiger partial charge in [0.1, 0.15) is 5.75 Å². The molecule has 0 aliphatic heterocycles. The number of nitrogens with one attached hydrogen (secondary N) is 1. The van der Waals surface area contributed by atoms with E-state index in [9.17, 15) is 5.11 Å². The quantitative estimate of drug-likeness (QED) is 0.461. The summed E-state index contributed by atoms with van der Waals surface area (Å²) in [5.41, 5.74) is 1.71. The van der Waals surface area contributed by atoms with Gasteiger partial charge in [0.25, 0.3) is 0 Å². The molecule has 0 saturated heterocycles. The first-order valence-corrected chi connectivity index (χ1v) is 8.46. The summed E-state index contributed by atoms with van der Waals surface area (Å²) in [5, 5.41) is 22.2. The highest BCUT2D eigenvalue weighted by Gasteiger charge is 2.12. The number of phenolic OH excluding ortho intramolecular Hbond substituents is 1. The van der Waals surface area contributed by atoms with Gasteiger partial charge >= 0.3 is 0 Å². The van der Waals surface area contributed by atoms with Crippen molar-refractivity contribution in [2.75, 3.05) is 18.4 Å². The highest BCUT2D eigenvalue weighted by molar-refractivity contribution is 9.10. The van der Waals surface area contributed by atoms with Crippen molar-refractivity contribution in [3.8, 4) is 11.8 Å². The fraction of sp³-hybridized carbons (Fsp3) is 0.222. The molecule has 0 aliphatic rings. The molecule has 0 spiro atoms. The zero-order valence-corrected chi connectivity index (χ0v) is 15.2. The standard InChI is InChI=1S/C18H19BrN4O/c1-3-23(4-2)18(21-15-8-6-5-7-14(15)19)22-16-10-9-13(12-20)11-17(16)24/h5-11,24H,3-4H2,1-2H3,(H,21,22). The maximum atomic E-state index is 10.1. The highest BCUT2D eigenvalue weighted by atomic mass is 79.9. The Kier molecular flexibility index (Phi) is 6.21. The van der Waals surface area contributed by atoms with Crippen LogP contribution >= 0.6 is 15.9 Å². The molecule has 0 heterocycles. The minimum atomic E-state index is 0.0148. The number of aliphatic imine (C=N–C) groups is 1. The average Bonchev–Trinajstić information content (AvgIpc) is 2.59. The normalized spacial score (nSPS) is 11.0. The molecule has 2 N–H and O–H groups in total. The Hall–Kier alpha value is -2.52. The molecule has 0 bridgehead atoms. The number of nitriles is 1. The van der Waals surface area contributed by atoms with Crippen LogP contribution in [-0.4, -0.2) is 29.1 Å². The number of para-hydroxylation sites is 1. The molecule has 2 rings (SSSR count). The van der Waals surface area contributed by atoms with Gasteiger partial charge in [0.05, 0.1) is 23.0 Å². The fourth-order valence-corrected chi connectivity index (χ4v) is 2.56. The Morgan fingerprint density at radius 2 is 1.96 bits per heavy atom. The van der Waals surface area contributed by atoms with Gasteiger partial charge in [0.15, 0.2) is 0 Å². The average molecular weight is 387 g/mol. The third kappa shape index (κ3) is 4.27. The number of hydrogen-bond acceptors (Lipinski definition) is 3. The first-order valence-electron chi connectivity index (χ1n) is 7.67. The van der Waals surface area contributed by atoms with Crippen molar-refractivity contribution in [1.82, 2.24) is 4.90 Å². The molecule has 6 heteroatoms. The molecule has 24 heavy (non-hydrogen) atoms. The Balaban J connectivity index is 2.41. The largest absolute Gasteiger partial charge is 0.506 e. The van der Waals surface area contributed by atoms with Crippen LogP contribution in [0.15, 0.2) is 51.9 Å². The Morgan fingerprint density at radius 3 is 2.54 bits per heavy atom. The zero-order chi connectivity index (χ0) is 17.5. The van der Waals surface area contributed by atoms with Crippen molar-refractivity contribution in [3.63, 3.8) is 0 Å². The summed E-state index contributed by atoms with van der Waals surface area (Å²) >= 11 is 3.50. The lowest BCUT2D eigenvalue weighted by molar-refractivity contribution is 0.461. The van der Waals surface area contributed by atoms with Gasteiger partial charge in [-0.1, -0.05) is 12.1 Å². The number of anilines is 1. The number of phenols is 1. The fourth-order valence-electron chi connectivity index (χ4n) is 2.18. The molecule has 0 radical (unpaired) electrons. The number of hydrogen-bond donors (Lipinski definition) is 2. The summed E-state index contributed by atoms with van der Waals surface area (Å²) < 4.78 is 0.889. The van der Waals surface area contributed by atoms with E-state index in [4.69, 9.17) is 5.26 Å². The third-order valence-corrected chi connectivity index (χ3v) is 4.19. The smallest absolute Gasteiger partial charge is 0.203 e. The Morgan fingerprint density at radius 1 is 1.25 bits per heavy atom. The van der Waals surface area contributed by atoms with E-state index >= 15 is 0 Å². The summed E-state index contributed by atoms with van der Waals surface area (Å²) in [6.45, 7) is 5.62. The lowest BCUT2D eigenvalue weighted by Gasteiger charge is -2.24. The van der Waals surface area contributed by atoms with Crippen LogP contribution in [0.25, 0.3) is 0 Å². The molecular formula is C18H19BrN4O. The number of aromatic hydroxyl groups is 1. The maximum Gasteiger partial charge on any atom is 0.203 e. The third-order valence-electron chi connectivity index (χ3n) is 3.52. The van der Waals surface area contributed by atoms with Gasteiger partial charge in [-0.2, -0.15) is 5.26 Å². The van der Waals surface area contributed by atoms with Crippen LogP contribution in [0.3, 0.4) is 0 Å². The summed E-state index contributed by atoms with van der Waals surface area (Å²) in [5.74, 6) is 0.646. The number of guanidine groups is 1. The molecule has 0 atom stereocenters. The van der Waals surface area contributed by atoms with Crippen LogP contribution < -0.4 is 5.32 Å². The van der Waals surface area contributed by atoms with Crippen molar-refractivity contribution >= 4 is 33.3 Å². The van der Waals surface area contributed by atoms with Crippen LogP contribution in [0.4, 0.5) is 11.4 Å². The molecule has 0 aliphatic carbocycles. The number of rotatable bonds is 4. The second kappa shape index (κ2) is 8.37. The van der Waals surface area contributed by atoms with Crippen molar-refractivity contribution in [2.45, 2.75) is 13.8 Å². The van der Waals surface area contributed by atoms with Gasteiger partial charge in [0, 0.05) is 17.6 Å². The van der Waals surface area contributed by atoms with E-state index in [0.717, 1.165) is 23.2 Å². The Labute approximate surface area is 150 Å². The van der Waals surface area contributed by atoms with E-state index < -0.39 is 0 Å². The van der Waals surface area contributed by atoms with Crippen LogP contribution in [0.1, 0.15) is 19.4 Å². The second-order valence-corrected chi connectivity index (χ2v) is 5.88. The lowest BCUT2D eigenvalue weighted by atomic mass is 10.2. The van der Waals surface area contributed by atoms with Crippen molar-refractivity contribution < 1.29 is 5.11 Å². The first-order chi connectivity index (χ1) is 11.6. The molecule has 0 amide bonds. The van der Waals surface area contributed by atoms with Crippen LogP contribution in [-0.2, 0) is 0 Å². The minimum absolute atomic E-state index is 0.0148. The number of nitrogens with zero attached hydrogens (tertiary/aromatic N) is 3. The van der Waals surface area contributed by atoms with Gasteiger partial charge < -0.3 is 15.3 Å². The lowest BCUT2D eigenvalue weighted by Crippen LogP contribution is -2.36. The van der Waals surface area contributed by atoms with E-state index in [1.165, 1.54) is 6.07 Å². The summed E-state index contributed by atoms with van der Waals surface area (Å²) in [4.78, 5) is 6.74. The molecular weight excluding hydrogens is 368 g/mol. The molecule has 0 fully saturated rings. The van der Waals surface area contributed by atoms with E-state index in [-0.39, 0.29) is 5.75 Å². The van der Waals surface area contributed by atoms with Crippen LogP contribution in [0.2, 0.25) is 0 Å². The first kappa shape index (κ1) is 17.8. The predicted molar refractivity (Wildman–Crippen MR) is 101 cm³/mol. The van der Waals surface area contributed by atoms with E-state index in [0.29, 0.717) is 17.2 Å². The molecule has 0 aromatic heterocycles. The van der Waals surface area contributed by atoms with Crippen LogP contribution in [0.5, 0.6) is 5.75 Å². The summed E-state index contributed by atoms with van der Waals surface area (Å²) in [6, 6.07) is 14.5. The van der Waals surface area contributed by atoms with Crippen LogP contribution in [0, 0.1) is 11.3 Å². The SMILES string of the molecule is CCN(CC)C(=Nc1ccccc1Br)Nc1ccc(C#N)cc1O. The van der Waals surface area contributed by atoms with Gasteiger partial charge in [-0.15, -0.1) is 0 Å². The number of benzene rings is 2. The van der Waals surface area contributed by atoms with Crippen molar-refractivity contribution in [3.05, 3.63) is 52.5 Å². The second-order valence-electron chi connectivity index (χ2n) is 5.03. The molecule has 124 valence electrons. The monoisotopic (exact) mass is 386 g/mol. The number of halogens is 1. The summed E-state index contributed by atoms with van der Waals surface area (Å²) in [7, 11) is 0. The topological polar surface area (TPSA) is 71.7 Å². The molecule has 0 saturated carbocycles. The Bertz CT molecular complexity index is 779. The zero-order valence-electron chi connectivity index (χ0n) is 13.6. The molecule has 5 nitrogen and oxygen atoms in total. The predicted octanol–water partition coefficient (Wildman–Crippen LogP) is 4.47. The molecule has 0 unspecified atom stereocenters. The van der Waals surface area contributed by atoms with Gasteiger partial charge in [-0.3, -0.25) is 0 Å².